The summed E-state index contributed by atoms with van der Waals surface area (Å²) in [5.41, 5.74) is 8.95. The molecule has 0 aliphatic carbocycles. The highest BCUT2D eigenvalue weighted by Gasteiger charge is 2.08. The second-order valence-corrected chi connectivity index (χ2v) is 4.11. The van der Waals surface area contributed by atoms with Crippen LogP contribution in [0.1, 0.15) is 12.6 Å². The van der Waals surface area contributed by atoms with E-state index in [1.807, 2.05) is 0 Å². The number of fused-ring (bicyclic) bond motifs is 1. The quantitative estimate of drug-likeness (QED) is 0.493. The Balaban J connectivity index is 2.55. The van der Waals surface area contributed by atoms with E-state index in [4.69, 9.17) is 5.73 Å². The maximum atomic E-state index is 13.6. The van der Waals surface area contributed by atoms with E-state index in [1.165, 1.54) is 6.07 Å². The zero-order valence-corrected chi connectivity index (χ0v) is 10.5. The number of rotatable bonds is 2. The van der Waals surface area contributed by atoms with Crippen LogP contribution < -0.4 is 11.2 Å². The molecule has 0 amide bonds. The Hall–Kier alpha value is -2.08. The SMILES string of the molecule is C/C(=N\NC(N)=S)c1nccc2c(F)cccc12. The maximum absolute atomic E-state index is 13.6. The molecular weight excluding hydrogens is 251 g/mol. The van der Waals surface area contributed by atoms with Gasteiger partial charge in [0, 0.05) is 17.0 Å². The number of benzene rings is 1. The lowest BCUT2D eigenvalue weighted by Gasteiger charge is -2.06. The molecule has 0 aliphatic heterocycles. The van der Waals surface area contributed by atoms with Crippen molar-refractivity contribution < 1.29 is 4.39 Å². The summed E-state index contributed by atoms with van der Waals surface area (Å²) >= 11 is 4.66. The number of nitrogens with one attached hydrogen (secondary N) is 1. The van der Waals surface area contributed by atoms with Gasteiger partial charge in [0.05, 0.1) is 11.4 Å². The molecule has 6 heteroatoms. The van der Waals surface area contributed by atoms with Crippen LogP contribution in [0.4, 0.5) is 4.39 Å². The average molecular weight is 262 g/mol. The number of thiocarbonyl (C=S) groups is 1. The first-order valence-electron chi connectivity index (χ1n) is 5.23. The first-order chi connectivity index (χ1) is 8.59. The van der Waals surface area contributed by atoms with Gasteiger partial charge in [-0.2, -0.15) is 5.10 Å². The Morgan fingerprint density at radius 3 is 2.89 bits per heavy atom. The third-order valence-corrected chi connectivity index (χ3v) is 2.52. The number of hydrogen-bond donors (Lipinski definition) is 2. The van der Waals surface area contributed by atoms with Crippen LogP contribution >= 0.6 is 12.2 Å². The van der Waals surface area contributed by atoms with Gasteiger partial charge in [0.1, 0.15) is 5.82 Å². The van der Waals surface area contributed by atoms with Gasteiger partial charge in [-0.25, -0.2) is 4.39 Å². The zero-order valence-electron chi connectivity index (χ0n) is 9.64. The van der Waals surface area contributed by atoms with Crippen molar-refractivity contribution >= 4 is 33.8 Å². The van der Waals surface area contributed by atoms with Crippen molar-refractivity contribution in [3.8, 4) is 0 Å². The first-order valence-corrected chi connectivity index (χ1v) is 5.64. The Morgan fingerprint density at radius 2 is 2.17 bits per heavy atom. The van der Waals surface area contributed by atoms with Gasteiger partial charge in [-0.1, -0.05) is 12.1 Å². The van der Waals surface area contributed by atoms with Crippen molar-refractivity contribution in [2.24, 2.45) is 10.8 Å². The summed E-state index contributed by atoms with van der Waals surface area (Å²) in [5, 5.41) is 5.26. The summed E-state index contributed by atoms with van der Waals surface area (Å²) in [6.45, 7) is 1.75. The first kappa shape index (κ1) is 12.4. The molecule has 2 rings (SSSR count). The molecule has 1 heterocycles. The predicted octanol–water partition coefficient (Wildman–Crippen LogP) is 1.93. The van der Waals surface area contributed by atoms with E-state index in [0.29, 0.717) is 22.2 Å². The summed E-state index contributed by atoms with van der Waals surface area (Å²) in [6.07, 6.45) is 1.54. The van der Waals surface area contributed by atoms with Gasteiger partial charge in [0.25, 0.3) is 0 Å². The third-order valence-electron chi connectivity index (χ3n) is 2.43. The molecular formula is C12H11FN4S. The van der Waals surface area contributed by atoms with Crippen molar-refractivity contribution in [3.05, 3.63) is 42.0 Å². The summed E-state index contributed by atoms with van der Waals surface area (Å²) in [7, 11) is 0. The molecule has 4 nitrogen and oxygen atoms in total. The Bertz CT molecular complexity index is 639. The minimum absolute atomic E-state index is 0.0702. The van der Waals surface area contributed by atoms with Crippen molar-refractivity contribution in [2.75, 3.05) is 0 Å². The normalized spacial score (nSPS) is 11.6. The average Bonchev–Trinajstić information content (AvgIpc) is 2.36. The molecule has 3 N–H and O–H groups in total. The van der Waals surface area contributed by atoms with Gasteiger partial charge in [-0.15, -0.1) is 0 Å². The Kier molecular flexibility index (Phi) is 3.47. The van der Waals surface area contributed by atoms with Crippen LogP contribution in [0.15, 0.2) is 35.6 Å². The van der Waals surface area contributed by atoms with Crippen LogP contribution in [-0.2, 0) is 0 Å². The second-order valence-electron chi connectivity index (χ2n) is 3.67. The number of halogens is 1. The van der Waals surface area contributed by atoms with Crippen LogP contribution in [0, 0.1) is 5.82 Å². The highest BCUT2D eigenvalue weighted by molar-refractivity contribution is 7.80. The molecule has 0 radical (unpaired) electrons. The minimum Gasteiger partial charge on any atom is -0.375 e. The van der Waals surface area contributed by atoms with Gasteiger partial charge in [0.15, 0.2) is 5.11 Å². The van der Waals surface area contributed by atoms with Crippen molar-refractivity contribution in [1.82, 2.24) is 10.4 Å². The van der Waals surface area contributed by atoms with E-state index in [1.54, 1.807) is 31.3 Å². The molecule has 1 aromatic carbocycles. The van der Waals surface area contributed by atoms with Crippen LogP contribution in [-0.4, -0.2) is 15.8 Å². The molecule has 0 unspecified atom stereocenters. The van der Waals surface area contributed by atoms with E-state index in [9.17, 15) is 4.39 Å². The van der Waals surface area contributed by atoms with Gasteiger partial charge >= 0.3 is 0 Å². The number of hydrogen-bond acceptors (Lipinski definition) is 3. The number of aromatic nitrogens is 1. The molecule has 18 heavy (non-hydrogen) atoms. The van der Waals surface area contributed by atoms with Gasteiger partial charge in [0.2, 0.25) is 0 Å². The molecule has 2 aromatic rings. The van der Waals surface area contributed by atoms with Crippen molar-refractivity contribution in [2.45, 2.75) is 6.92 Å². The van der Waals surface area contributed by atoms with Gasteiger partial charge in [-0.05, 0) is 31.3 Å². The summed E-state index contributed by atoms with van der Waals surface area (Å²) in [4.78, 5) is 4.20. The number of pyridine rings is 1. The molecule has 92 valence electrons. The molecule has 1 aromatic heterocycles. The lowest BCUT2D eigenvalue weighted by Crippen LogP contribution is -2.25. The summed E-state index contributed by atoms with van der Waals surface area (Å²) in [6, 6.07) is 6.46. The largest absolute Gasteiger partial charge is 0.375 e. The molecule has 0 saturated carbocycles. The van der Waals surface area contributed by atoms with Crippen molar-refractivity contribution in [3.63, 3.8) is 0 Å². The van der Waals surface area contributed by atoms with E-state index >= 15 is 0 Å². The molecule has 0 spiro atoms. The number of nitrogens with two attached hydrogens (primary N) is 1. The monoisotopic (exact) mass is 262 g/mol. The maximum Gasteiger partial charge on any atom is 0.184 e. The Morgan fingerprint density at radius 1 is 1.39 bits per heavy atom. The van der Waals surface area contributed by atoms with E-state index in [-0.39, 0.29) is 10.9 Å². The standard InChI is InChI=1S/C12H11FN4S/c1-7(16-17-12(14)18)11-9-3-2-4-10(13)8(9)5-6-15-11/h2-6H,1H3,(H3,14,17,18)/b16-7+. The van der Waals surface area contributed by atoms with Gasteiger partial charge in [-0.3, -0.25) is 10.4 Å². The van der Waals surface area contributed by atoms with Crippen LogP contribution in [0.5, 0.6) is 0 Å². The summed E-state index contributed by atoms with van der Waals surface area (Å²) in [5.74, 6) is -0.286. The molecule has 0 bridgehead atoms. The van der Waals surface area contributed by atoms with Crippen LogP contribution in [0.2, 0.25) is 0 Å². The minimum atomic E-state index is -0.286. The molecule has 0 atom stereocenters. The Labute approximate surface area is 109 Å². The van der Waals surface area contributed by atoms with Crippen LogP contribution in [0.3, 0.4) is 0 Å². The van der Waals surface area contributed by atoms with E-state index in [2.05, 4.69) is 27.7 Å². The fourth-order valence-electron chi connectivity index (χ4n) is 1.65. The predicted molar refractivity (Wildman–Crippen MR) is 73.8 cm³/mol. The number of hydrazone groups is 1. The third kappa shape index (κ3) is 2.43. The van der Waals surface area contributed by atoms with E-state index < -0.39 is 0 Å². The van der Waals surface area contributed by atoms with Crippen LogP contribution in [0.25, 0.3) is 10.8 Å². The fraction of sp³-hybridized carbons (Fsp3) is 0.0833. The van der Waals surface area contributed by atoms with E-state index in [0.717, 1.165) is 0 Å². The highest BCUT2D eigenvalue weighted by atomic mass is 32.1. The second kappa shape index (κ2) is 5.05. The molecule has 0 aliphatic rings. The number of nitrogens with zero attached hydrogens (tertiary/aromatic N) is 2. The smallest absolute Gasteiger partial charge is 0.184 e. The molecule has 0 saturated heterocycles. The summed E-state index contributed by atoms with van der Waals surface area (Å²) < 4.78 is 13.6. The van der Waals surface area contributed by atoms with Gasteiger partial charge < -0.3 is 5.73 Å². The lowest BCUT2D eigenvalue weighted by atomic mass is 10.1. The topological polar surface area (TPSA) is 63.3 Å². The highest BCUT2D eigenvalue weighted by Crippen LogP contribution is 2.20. The fourth-order valence-corrected chi connectivity index (χ4v) is 1.69. The zero-order chi connectivity index (χ0) is 13.1. The lowest BCUT2D eigenvalue weighted by molar-refractivity contribution is 0.639. The molecule has 0 fully saturated rings. The van der Waals surface area contributed by atoms with Crippen molar-refractivity contribution in [1.29, 1.82) is 0 Å².